The molecule has 2 fully saturated rings. The smallest absolute Gasteiger partial charge is 0.241 e. The number of hydrogen-bond donors (Lipinski definition) is 1. The number of rotatable bonds is 7. The van der Waals surface area contributed by atoms with Gasteiger partial charge in [0.1, 0.15) is 0 Å². The third-order valence-electron chi connectivity index (χ3n) is 6.40. The fourth-order valence-corrected chi connectivity index (χ4v) is 5.15. The topological polar surface area (TPSA) is 74.5 Å². The monoisotopic (exact) mass is 451 g/mol. The van der Waals surface area contributed by atoms with E-state index in [1.807, 2.05) is 17.5 Å². The molecule has 0 unspecified atom stereocenters. The maximum atomic E-state index is 12.7. The lowest BCUT2D eigenvalue weighted by Gasteiger charge is -2.30. The van der Waals surface area contributed by atoms with E-state index >= 15 is 0 Å². The van der Waals surface area contributed by atoms with Gasteiger partial charge in [-0.15, -0.1) is 11.3 Å². The van der Waals surface area contributed by atoms with Gasteiger partial charge >= 0.3 is 0 Å². The van der Waals surface area contributed by atoms with Crippen LogP contribution < -0.4 is 10.2 Å². The van der Waals surface area contributed by atoms with Crippen LogP contribution in [0, 0.1) is 5.92 Å². The molecule has 7 nitrogen and oxygen atoms in total. The molecule has 0 radical (unpaired) electrons. The zero-order valence-corrected chi connectivity index (χ0v) is 19.0. The molecule has 5 rings (SSSR count). The first-order valence-electron chi connectivity index (χ1n) is 11.4. The van der Waals surface area contributed by atoms with E-state index in [-0.39, 0.29) is 11.8 Å². The summed E-state index contributed by atoms with van der Waals surface area (Å²) < 4.78 is 5.42. The van der Waals surface area contributed by atoms with E-state index in [1.165, 1.54) is 18.5 Å². The molecule has 2 aromatic heterocycles. The molecule has 2 aliphatic rings. The second kappa shape index (κ2) is 9.83. The van der Waals surface area contributed by atoms with Gasteiger partial charge in [-0.25, -0.2) is 0 Å². The minimum absolute atomic E-state index is 0.0690. The van der Waals surface area contributed by atoms with E-state index in [0.717, 1.165) is 49.5 Å². The first-order valence-corrected chi connectivity index (χ1v) is 12.3. The van der Waals surface area contributed by atoms with Gasteiger partial charge in [0.25, 0.3) is 0 Å². The Kier molecular flexibility index (Phi) is 6.50. The van der Waals surface area contributed by atoms with Crippen LogP contribution in [0.4, 0.5) is 5.69 Å². The Morgan fingerprint density at radius 3 is 2.59 bits per heavy atom. The van der Waals surface area contributed by atoms with E-state index in [1.54, 1.807) is 11.3 Å². The van der Waals surface area contributed by atoms with Crippen LogP contribution in [0.5, 0.6) is 0 Å². The van der Waals surface area contributed by atoms with Crippen molar-refractivity contribution in [1.82, 2.24) is 20.4 Å². The Hall–Kier alpha value is -2.71. The van der Waals surface area contributed by atoms with Crippen molar-refractivity contribution in [2.75, 3.05) is 31.1 Å². The van der Waals surface area contributed by atoms with Gasteiger partial charge in [-0.1, -0.05) is 23.4 Å². The lowest BCUT2D eigenvalue weighted by atomic mass is 9.96. The van der Waals surface area contributed by atoms with Crippen LogP contribution in [0.1, 0.15) is 37.1 Å². The van der Waals surface area contributed by atoms with Crippen molar-refractivity contribution >= 4 is 22.9 Å². The number of thiophene rings is 1. The largest absolute Gasteiger partial charge is 0.372 e. The Bertz CT molecular complexity index is 1000. The van der Waals surface area contributed by atoms with Crippen LogP contribution in [0.25, 0.3) is 10.7 Å². The van der Waals surface area contributed by atoms with Crippen molar-refractivity contribution in [3.05, 3.63) is 53.2 Å². The van der Waals surface area contributed by atoms with E-state index in [9.17, 15) is 4.79 Å². The molecule has 2 aliphatic heterocycles. The second-order valence-electron chi connectivity index (χ2n) is 8.62. The van der Waals surface area contributed by atoms with Crippen LogP contribution in [0.3, 0.4) is 0 Å². The van der Waals surface area contributed by atoms with Gasteiger partial charge in [-0.3, -0.25) is 9.69 Å². The molecule has 1 N–H and O–H groups in total. The number of nitrogens with one attached hydrogen (secondary N) is 1. The average Bonchev–Trinajstić information content (AvgIpc) is 3.61. The number of benzene rings is 1. The predicted octanol–water partition coefficient (Wildman–Crippen LogP) is 3.93. The summed E-state index contributed by atoms with van der Waals surface area (Å²) in [6.45, 7) is 5.25. The summed E-state index contributed by atoms with van der Waals surface area (Å²) >= 11 is 1.60. The Labute approximate surface area is 192 Å². The highest BCUT2D eigenvalue weighted by Crippen LogP contribution is 2.24. The van der Waals surface area contributed by atoms with Crippen LogP contribution in [-0.2, 0) is 17.9 Å². The van der Waals surface area contributed by atoms with E-state index < -0.39 is 0 Å². The van der Waals surface area contributed by atoms with Crippen molar-refractivity contribution in [2.45, 2.75) is 38.8 Å². The summed E-state index contributed by atoms with van der Waals surface area (Å²) in [5, 5.41) is 9.21. The normalized spacial score (nSPS) is 17.7. The number of carbonyl (C=O) groups excluding carboxylic acids is 1. The predicted molar refractivity (Wildman–Crippen MR) is 125 cm³/mol. The molecule has 168 valence electrons. The van der Waals surface area contributed by atoms with E-state index in [2.05, 4.69) is 49.5 Å². The standard InChI is InChI=1S/C24H29N5O2S/c30-24(25-16-18-5-7-20(8-6-18)29-11-1-2-12-29)19-9-13-28(14-10-19)17-22-26-23(27-31-22)21-4-3-15-32-21/h3-8,15,19H,1-2,9-14,16-17H2,(H,25,30). The highest BCUT2D eigenvalue weighted by molar-refractivity contribution is 7.13. The summed E-state index contributed by atoms with van der Waals surface area (Å²) in [6.07, 6.45) is 4.26. The number of likely N-dealkylation sites (tertiary alicyclic amines) is 1. The number of hydrogen-bond acceptors (Lipinski definition) is 7. The number of aromatic nitrogens is 2. The molecule has 1 aromatic carbocycles. The minimum Gasteiger partial charge on any atom is -0.372 e. The molecule has 0 aliphatic carbocycles. The van der Waals surface area contributed by atoms with E-state index in [0.29, 0.717) is 24.8 Å². The number of piperidine rings is 1. The van der Waals surface area contributed by atoms with Gasteiger partial charge in [-0.05, 0) is 67.9 Å². The molecule has 32 heavy (non-hydrogen) atoms. The molecule has 0 bridgehead atoms. The Morgan fingerprint density at radius 1 is 1.09 bits per heavy atom. The highest BCUT2D eigenvalue weighted by Gasteiger charge is 2.26. The lowest BCUT2D eigenvalue weighted by Crippen LogP contribution is -2.40. The van der Waals surface area contributed by atoms with Crippen LogP contribution >= 0.6 is 11.3 Å². The molecular weight excluding hydrogens is 422 g/mol. The number of amides is 1. The highest BCUT2D eigenvalue weighted by atomic mass is 32.1. The van der Waals surface area contributed by atoms with Gasteiger partial charge in [-0.2, -0.15) is 4.98 Å². The zero-order chi connectivity index (χ0) is 21.8. The number of anilines is 1. The number of nitrogens with zero attached hydrogens (tertiary/aromatic N) is 4. The number of carbonyl (C=O) groups is 1. The third kappa shape index (κ3) is 5.02. The maximum absolute atomic E-state index is 12.7. The minimum atomic E-state index is 0.0690. The first kappa shape index (κ1) is 21.2. The van der Waals surface area contributed by atoms with Crippen molar-refractivity contribution in [2.24, 2.45) is 5.92 Å². The van der Waals surface area contributed by atoms with Gasteiger partial charge in [0, 0.05) is 31.2 Å². The fraction of sp³-hybridized carbons (Fsp3) is 0.458. The molecule has 3 aromatic rings. The second-order valence-corrected chi connectivity index (χ2v) is 9.57. The van der Waals surface area contributed by atoms with Gasteiger partial charge in [0.2, 0.25) is 17.6 Å². The summed E-state index contributed by atoms with van der Waals surface area (Å²) in [7, 11) is 0. The summed E-state index contributed by atoms with van der Waals surface area (Å²) in [4.78, 5) is 22.9. The average molecular weight is 452 g/mol. The molecule has 0 saturated carbocycles. The van der Waals surface area contributed by atoms with E-state index in [4.69, 9.17) is 4.52 Å². The SMILES string of the molecule is O=C(NCc1ccc(N2CCCC2)cc1)C1CCN(Cc2nc(-c3cccs3)no2)CC1. The van der Waals surface area contributed by atoms with Crippen LogP contribution in [-0.4, -0.2) is 47.1 Å². The molecule has 0 atom stereocenters. The fourth-order valence-electron chi connectivity index (χ4n) is 4.50. The van der Waals surface area contributed by atoms with Gasteiger partial charge in [0.05, 0.1) is 11.4 Å². The molecule has 0 spiro atoms. The van der Waals surface area contributed by atoms with Gasteiger partial charge in [0.15, 0.2) is 0 Å². The third-order valence-corrected chi connectivity index (χ3v) is 7.27. The quantitative estimate of drug-likeness (QED) is 0.587. The maximum Gasteiger partial charge on any atom is 0.241 e. The Morgan fingerprint density at radius 2 is 1.88 bits per heavy atom. The van der Waals surface area contributed by atoms with Crippen molar-refractivity contribution in [3.8, 4) is 10.7 Å². The molecule has 8 heteroatoms. The summed E-state index contributed by atoms with van der Waals surface area (Å²) in [5.74, 6) is 1.51. The Balaban J connectivity index is 1.05. The lowest BCUT2D eigenvalue weighted by molar-refractivity contribution is -0.126. The molecule has 4 heterocycles. The van der Waals surface area contributed by atoms with Gasteiger partial charge < -0.3 is 14.7 Å². The van der Waals surface area contributed by atoms with Crippen molar-refractivity contribution in [3.63, 3.8) is 0 Å². The van der Waals surface area contributed by atoms with Crippen molar-refractivity contribution in [1.29, 1.82) is 0 Å². The van der Waals surface area contributed by atoms with Crippen LogP contribution in [0.15, 0.2) is 46.3 Å². The first-order chi connectivity index (χ1) is 15.7. The molecule has 2 saturated heterocycles. The van der Waals surface area contributed by atoms with Crippen LogP contribution in [0.2, 0.25) is 0 Å². The summed E-state index contributed by atoms with van der Waals surface area (Å²) in [6, 6.07) is 12.6. The van der Waals surface area contributed by atoms with Crippen molar-refractivity contribution < 1.29 is 9.32 Å². The summed E-state index contributed by atoms with van der Waals surface area (Å²) in [5.41, 5.74) is 2.44. The molecular formula is C24H29N5O2S. The molecule has 1 amide bonds. The zero-order valence-electron chi connectivity index (χ0n) is 18.2.